The number of pyridine rings is 1. The van der Waals surface area contributed by atoms with E-state index in [1.807, 2.05) is 0 Å². The molecule has 4 nitrogen and oxygen atoms in total. The molecule has 0 unspecified atom stereocenters. The van der Waals surface area contributed by atoms with Gasteiger partial charge in [-0.25, -0.2) is 4.79 Å². The number of rotatable bonds is 3. The summed E-state index contributed by atoms with van der Waals surface area (Å²) in [6.07, 6.45) is 1.83. The number of hydrogen-bond acceptors (Lipinski definition) is 3. The fourth-order valence-electron chi connectivity index (χ4n) is 0.878. The third kappa shape index (κ3) is 3.12. The topological polar surface area (TPSA) is 70.4 Å². The van der Waals surface area contributed by atoms with Crippen LogP contribution in [0, 0.1) is 0 Å². The molecule has 0 saturated carbocycles. The maximum Gasteiger partial charge on any atom is 0.332 e. The monoisotopic (exact) mass is 245 g/mol. The summed E-state index contributed by atoms with van der Waals surface area (Å²) >= 11 is 3.20. The lowest BCUT2D eigenvalue weighted by Gasteiger charge is -2.04. The molecule has 0 aliphatic rings. The zero-order valence-corrected chi connectivity index (χ0v) is 8.23. The van der Waals surface area contributed by atoms with Crippen LogP contribution in [0.3, 0.4) is 0 Å². The molecule has 0 fully saturated rings. The molecule has 2 N–H and O–H groups in total. The molecule has 1 aromatic heterocycles. The average molecular weight is 246 g/mol. The normalized spacial score (nSPS) is 12.5. The number of carboxylic acid groups (broad SMARTS) is 1. The highest BCUT2D eigenvalue weighted by atomic mass is 79.9. The Balaban J connectivity index is 2.69. The summed E-state index contributed by atoms with van der Waals surface area (Å²) in [6.45, 7) is 0. The Labute approximate surface area is 83.4 Å². The molecule has 0 saturated heterocycles. The van der Waals surface area contributed by atoms with Gasteiger partial charge in [-0.3, -0.25) is 4.98 Å². The molecule has 0 aliphatic carbocycles. The number of aliphatic carboxylic acids is 1. The van der Waals surface area contributed by atoms with Gasteiger partial charge in [0.25, 0.3) is 0 Å². The van der Waals surface area contributed by atoms with Crippen LogP contribution in [0.5, 0.6) is 0 Å². The number of carbonyl (C=O) groups is 1. The summed E-state index contributed by atoms with van der Waals surface area (Å²) in [5, 5.41) is 17.5. The molecule has 13 heavy (non-hydrogen) atoms. The lowest BCUT2D eigenvalue weighted by molar-refractivity contribution is -0.146. The molecule has 1 aromatic rings. The zero-order valence-electron chi connectivity index (χ0n) is 6.64. The number of halogens is 1. The largest absolute Gasteiger partial charge is 0.479 e. The van der Waals surface area contributed by atoms with Crippen molar-refractivity contribution in [3.05, 3.63) is 28.5 Å². The SMILES string of the molecule is O=C(O)[C@H](O)Cc1cncc(Br)c1. The first kappa shape index (κ1) is 10.1. The predicted molar refractivity (Wildman–Crippen MR) is 49.3 cm³/mol. The molecule has 0 amide bonds. The molecule has 70 valence electrons. The highest BCUT2D eigenvalue weighted by molar-refractivity contribution is 9.10. The fraction of sp³-hybridized carbons (Fsp3) is 0.250. The van der Waals surface area contributed by atoms with Gasteiger partial charge in [0.2, 0.25) is 0 Å². The minimum Gasteiger partial charge on any atom is -0.479 e. The van der Waals surface area contributed by atoms with Crippen molar-refractivity contribution in [1.29, 1.82) is 0 Å². The molecular weight excluding hydrogens is 238 g/mol. The van der Waals surface area contributed by atoms with Crippen molar-refractivity contribution in [3.8, 4) is 0 Å². The highest BCUT2D eigenvalue weighted by Gasteiger charge is 2.13. The van der Waals surface area contributed by atoms with Crippen molar-refractivity contribution < 1.29 is 15.0 Å². The first-order valence-corrected chi connectivity index (χ1v) is 4.39. The van der Waals surface area contributed by atoms with E-state index in [2.05, 4.69) is 20.9 Å². The van der Waals surface area contributed by atoms with Crippen LogP contribution in [0.25, 0.3) is 0 Å². The van der Waals surface area contributed by atoms with E-state index in [9.17, 15) is 4.79 Å². The van der Waals surface area contributed by atoms with Gasteiger partial charge >= 0.3 is 5.97 Å². The van der Waals surface area contributed by atoms with E-state index in [0.29, 0.717) is 5.56 Å². The summed E-state index contributed by atoms with van der Waals surface area (Å²) in [5.74, 6) is -1.22. The lowest BCUT2D eigenvalue weighted by Crippen LogP contribution is -2.21. The summed E-state index contributed by atoms with van der Waals surface area (Å²) in [7, 11) is 0. The number of hydrogen-bond donors (Lipinski definition) is 2. The summed E-state index contributed by atoms with van der Waals surface area (Å²) in [6, 6.07) is 1.72. The Bertz CT molecular complexity index is 316. The molecule has 0 spiro atoms. The Morgan fingerprint density at radius 1 is 1.62 bits per heavy atom. The van der Waals surface area contributed by atoms with Crippen molar-refractivity contribution >= 4 is 21.9 Å². The highest BCUT2D eigenvalue weighted by Crippen LogP contribution is 2.11. The van der Waals surface area contributed by atoms with E-state index < -0.39 is 12.1 Å². The molecule has 1 heterocycles. The van der Waals surface area contributed by atoms with Gasteiger partial charge in [0, 0.05) is 23.3 Å². The first-order valence-electron chi connectivity index (χ1n) is 3.60. The van der Waals surface area contributed by atoms with E-state index in [1.165, 1.54) is 6.20 Å². The van der Waals surface area contributed by atoms with Crippen LogP contribution in [0.1, 0.15) is 5.56 Å². The molecule has 1 rings (SSSR count). The van der Waals surface area contributed by atoms with Crippen LogP contribution < -0.4 is 0 Å². The molecule has 0 radical (unpaired) electrons. The van der Waals surface area contributed by atoms with Gasteiger partial charge in [-0.15, -0.1) is 0 Å². The summed E-state index contributed by atoms with van der Waals surface area (Å²) in [4.78, 5) is 14.2. The van der Waals surface area contributed by atoms with Crippen molar-refractivity contribution in [1.82, 2.24) is 4.98 Å². The van der Waals surface area contributed by atoms with Gasteiger partial charge in [-0.05, 0) is 27.6 Å². The molecule has 0 aromatic carbocycles. The minimum absolute atomic E-state index is 0.0712. The van der Waals surface area contributed by atoms with Crippen LogP contribution in [0.15, 0.2) is 22.9 Å². The predicted octanol–water partition coefficient (Wildman–Crippen LogP) is 0.832. The molecule has 1 atom stereocenters. The maximum absolute atomic E-state index is 10.3. The second-order valence-corrected chi connectivity index (χ2v) is 3.49. The lowest BCUT2D eigenvalue weighted by atomic mass is 10.1. The van der Waals surface area contributed by atoms with Crippen molar-refractivity contribution in [3.63, 3.8) is 0 Å². The molecular formula is C8H8BrNO3. The van der Waals surface area contributed by atoms with Crippen LogP contribution in [0.4, 0.5) is 0 Å². The smallest absolute Gasteiger partial charge is 0.332 e. The Morgan fingerprint density at radius 3 is 2.85 bits per heavy atom. The molecule has 0 bridgehead atoms. The van der Waals surface area contributed by atoms with Crippen LogP contribution in [-0.2, 0) is 11.2 Å². The van der Waals surface area contributed by atoms with Crippen molar-refractivity contribution in [2.75, 3.05) is 0 Å². The first-order chi connectivity index (χ1) is 6.09. The second kappa shape index (κ2) is 4.34. The molecule has 5 heteroatoms. The van der Waals surface area contributed by atoms with Gasteiger partial charge in [0.1, 0.15) is 0 Å². The van der Waals surface area contributed by atoms with Gasteiger partial charge in [-0.2, -0.15) is 0 Å². The summed E-state index contributed by atoms with van der Waals surface area (Å²) < 4.78 is 0.766. The van der Waals surface area contributed by atoms with Gasteiger partial charge < -0.3 is 10.2 Å². The van der Waals surface area contributed by atoms with E-state index >= 15 is 0 Å². The third-order valence-electron chi connectivity index (χ3n) is 1.48. The average Bonchev–Trinajstić information content (AvgIpc) is 2.04. The van der Waals surface area contributed by atoms with E-state index in [1.54, 1.807) is 12.3 Å². The second-order valence-electron chi connectivity index (χ2n) is 2.57. The Kier molecular flexibility index (Phi) is 3.39. The number of aliphatic hydroxyl groups is 1. The maximum atomic E-state index is 10.3. The van der Waals surface area contributed by atoms with Crippen LogP contribution >= 0.6 is 15.9 Å². The van der Waals surface area contributed by atoms with Crippen LogP contribution in [-0.4, -0.2) is 27.3 Å². The third-order valence-corrected chi connectivity index (χ3v) is 1.91. The van der Waals surface area contributed by atoms with E-state index in [-0.39, 0.29) is 6.42 Å². The molecule has 0 aliphatic heterocycles. The number of aromatic nitrogens is 1. The minimum atomic E-state index is -1.36. The van der Waals surface area contributed by atoms with Crippen molar-refractivity contribution in [2.24, 2.45) is 0 Å². The summed E-state index contributed by atoms with van der Waals surface area (Å²) in [5.41, 5.74) is 0.685. The van der Waals surface area contributed by atoms with Gasteiger partial charge in [0.05, 0.1) is 0 Å². The Morgan fingerprint density at radius 2 is 2.31 bits per heavy atom. The van der Waals surface area contributed by atoms with Crippen LogP contribution in [0.2, 0.25) is 0 Å². The van der Waals surface area contributed by atoms with Gasteiger partial charge in [0.15, 0.2) is 6.10 Å². The number of aliphatic hydroxyl groups excluding tert-OH is 1. The van der Waals surface area contributed by atoms with Gasteiger partial charge in [-0.1, -0.05) is 0 Å². The van der Waals surface area contributed by atoms with E-state index in [4.69, 9.17) is 10.2 Å². The number of nitrogens with zero attached hydrogens (tertiary/aromatic N) is 1. The van der Waals surface area contributed by atoms with E-state index in [0.717, 1.165) is 4.47 Å². The fourth-order valence-corrected chi connectivity index (χ4v) is 1.29. The standard InChI is InChI=1S/C8H8BrNO3/c9-6-1-5(3-10-4-6)2-7(11)8(12)13/h1,3-4,7,11H,2H2,(H,12,13)/t7-/m1/s1. The number of carboxylic acids is 1. The van der Waals surface area contributed by atoms with Crippen molar-refractivity contribution in [2.45, 2.75) is 12.5 Å². The Hall–Kier alpha value is -0.940. The zero-order chi connectivity index (χ0) is 9.84. The quantitative estimate of drug-likeness (QED) is 0.828.